The molecule has 8 heteroatoms. The summed E-state index contributed by atoms with van der Waals surface area (Å²) in [4.78, 5) is 25.4. The molecule has 1 aromatic carbocycles. The molecule has 0 aliphatic carbocycles. The summed E-state index contributed by atoms with van der Waals surface area (Å²) in [5.74, 6) is 0.455. The van der Waals surface area contributed by atoms with Gasteiger partial charge in [-0.25, -0.2) is 0 Å². The van der Waals surface area contributed by atoms with Gasteiger partial charge in [0.25, 0.3) is 0 Å². The highest BCUT2D eigenvalue weighted by molar-refractivity contribution is 7.13. The van der Waals surface area contributed by atoms with E-state index >= 15 is 0 Å². The number of rotatable bonds is 8. The van der Waals surface area contributed by atoms with Gasteiger partial charge in [0, 0.05) is 19.9 Å². The molecular weight excluding hydrogens is 340 g/mol. The summed E-state index contributed by atoms with van der Waals surface area (Å²) in [6, 6.07) is 6.01. The average Bonchev–Trinajstić information content (AvgIpc) is 3.04. The number of anilines is 1. The summed E-state index contributed by atoms with van der Waals surface area (Å²) < 4.78 is 5.70. The van der Waals surface area contributed by atoms with Gasteiger partial charge < -0.3 is 15.0 Å². The standard InChI is InChI=1S/C17H22N4O3S/c1-12-8-13(2)10-14(9-12)24-7-6-21(3)16(23)5-4-15(22)19-17-20-18-11-25-17/h8-11H,4-7H2,1-3H3,(H,19,20,22). The number of likely N-dealkylation sites (N-methyl/N-ethyl adjacent to an activating group) is 1. The summed E-state index contributed by atoms with van der Waals surface area (Å²) in [5, 5.41) is 10.4. The first-order valence-corrected chi connectivity index (χ1v) is 8.83. The largest absolute Gasteiger partial charge is 0.492 e. The van der Waals surface area contributed by atoms with Gasteiger partial charge in [-0.1, -0.05) is 17.4 Å². The second-order valence-corrected chi connectivity index (χ2v) is 6.61. The minimum absolute atomic E-state index is 0.101. The van der Waals surface area contributed by atoms with Gasteiger partial charge in [-0.3, -0.25) is 9.59 Å². The molecule has 0 aliphatic heterocycles. The number of amides is 2. The molecule has 0 unspecified atom stereocenters. The molecule has 2 amide bonds. The van der Waals surface area contributed by atoms with Crippen LogP contribution in [0.25, 0.3) is 0 Å². The Morgan fingerprint density at radius 3 is 2.56 bits per heavy atom. The molecule has 25 heavy (non-hydrogen) atoms. The van der Waals surface area contributed by atoms with Gasteiger partial charge in [-0.2, -0.15) is 0 Å². The third kappa shape index (κ3) is 6.50. The van der Waals surface area contributed by atoms with E-state index in [1.807, 2.05) is 26.0 Å². The molecule has 0 aliphatic rings. The Hall–Kier alpha value is -2.48. The topological polar surface area (TPSA) is 84.4 Å². The first-order chi connectivity index (χ1) is 11.9. The minimum Gasteiger partial charge on any atom is -0.492 e. The Morgan fingerprint density at radius 1 is 1.20 bits per heavy atom. The van der Waals surface area contributed by atoms with Gasteiger partial charge in [-0.05, 0) is 37.1 Å². The molecule has 0 saturated carbocycles. The van der Waals surface area contributed by atoms with E-state index in [9.17, 15) is 9.59 Å². The lowest BCUT2D eigenvalue weighted by molar-refractivity contribution is -0.131. The van der Waals surface area contributed by atoms with Crippen LogP contribution in [-0.4, -0.2) is 47.1 Å². The second-order valence-electron chi connectivity index (χ2n) is 5.78. The Kier molecular flexibility index (Phi) is 6.88. The normalized spacial score (nSPS) is 10.4. The van der Waals surface area contributed by atoms with Gasteiger partial charge in [0.05, 0.1) is 6.54 Å². The van der Waals surface area contributed by atoms with E-state index < -0.39 is 0 Å². The van der Waals surface area contributed by atoms with Crippen molar-refractivity contribution in [1.82, 2.24) is 15.1 Å². The van der Waals surface area contributed by atoms with Crippen molar-refractivity contribution < 1.29 is 14.3 Å². The van der Waals surface area contributed by atoms with Crippen molar-refractivity contribution in [2.75, 3.05) is 25.5 Å². The van der Waals surface area contributed by atoms with Crippen molar-refractivity contribution in [3.05, 3.63) is 34.8 Å². The fourth-order valence-electron chi connectivity index (χ4n) is 2.26. The first-order valence-electron chi connectivity index (χ1n) is 7.95. The maximum absolute atomic E-state index is 12.1. The van der Waals surface area contributed by atoms with Crippen LogP contribution in [0.15, 0.2) is 23.7 Å². The maximum atomic E-state index is 12.1. The van der Waals surface area contributed by atoms with E-state index in [2.05, 4.69) is 21.6 Å². The number of hydrogen-bond acceptors (Lipinski definition) is 6. The quantitative estimate of drug-likeness (QED) is 0.779. The predicted octanol–water partition coefficient (Wildman–Crippen LogP) is 2.41. The van der Waals surface area contributed by atoms with E-state index in [1.165, 1.54) is 16.8 Å². The number of carbonyl (C=O) groups excluding carboxylic acids is 2. The molecule has 0 saturated heterocycles. The van der Waals surface area contributed by atoms with Gasteiger partial charge in [0.1, 0.15) is 17.9 Å². The second kappa shape index (κ2) is 9.12. The third-order valence-electron chi connectivity index (χ3n) is 3.49. The molecule has 2 rings (SSSR count). The maximum Gasteiger partial charge on any atom is 0.226 e. The van der Waals surface area contributed by atoms with E-state index in [1.54, 1.807) is 11.9 Å². The zero-order valence-corrected chi connectivity index (χ0v) is 15.4. The summed E-state index contributed by atoms with van der Waals surface area (Å²) >= 11 is 1.24. The molecule has 1 heterocycles. The zero-order valence-electron chi connectivity index (χ0n) is 14.6. The molecule has 1 N–H and O–H groups in total. The highest BCUT2D eigenvalue weighted by Gasteiger charge is 2.12. The predicted molar refractivity (Wildman–Crippen MR) is 96.8 cm³/mol. The monoisotopic (exact) mass is 362 g/mol. The van der Waals surface area contributed by atoms with E-state index in [0.717, 1.165) is 16.9 Å². The van der Waals surface area contributed by atoms with Crippen LogP contribution in [0.3, 0.4) is 0 Å². The van der Waals surface area contributed by atoms with E-state index in [-0.39, 0.29) is 24.7 Å². The van der Waals surface area contributed by atoms with E-state index in [0.29, 0.717) is 18.3 Å². The van der Waals surface area contributed by atoms with Gasteiger partial charge in [0.2, 0.25) is 16.9 Å². The number of aryl methyl sites for hydroxylation is 2. The van der Waals surface area contributed by atoms with Crippen LogP contribution in [0.4, 0.5) is 5.13 Å². The van der Waals surface area contributed by atoms with Crippen LogP contribution in [0.2, 0.25) is 0 Å². The van der Waals surface area contributed by atoms with Crippen molar-refractivity contribution in [2.45, 2.75) is 26.7 Å². The minimum atomic E-state index is -0.245. The lowest BCUT2D eigenvalue weighted by atomic mass is 10.1. The third-order valence-corrected chi connectivity index (χ3v) is 4.10. The first kappa shape index (κ1) is 18.9. The van der Waals surface area contributed by atoms with Crippen LogP contribution in [-0.2, 0) is 9.59 Å². The van der Waals surface area contributed by atoms with Crippen LogP contribution in [0.5, 0.6) is 5.75 Å². The van der Waals surface area contributed by atoms with Crippen molar-refractivity contribution in [3.8, 4) is 5.75 Å². The number of ether oxygens (including phenoxy) is 1. The van der Waals surface area contributed by atoms with Gasteiger partial charge in [0.15, 0.2) is 0 Å². The number of nitrogens with one attached hydrogen (secondary N) is 1. The molecule has 0 fully saturated rings. The molecule has 2 aromatic rings. The Bertz CT molecular complexity index is 698. The van der Waals surface area contributed by atoms with Gasteiger partial charge in [-0.15, -0.1) is 10.2 Å². The molecule has 0 atom stereocenters. The van der Waals surface area contributed by atoms with Gasteiger partial charge >= 0.3 is 0 Å². The van der Waals surface area contributed by atoms with Crippen molar-refractivity contribution in [3.63, 3.8) is 0 Å². The van der Waals surface area contributed by atoms with E-state index in [4.69, 9.17) is 4.74 Å². The fourth-order valence-corrected chi connectivity index (χ4v) is 2.72. The number of hydrogen-bond donors (Lipinski definition) is 1. The number of benzene rings is 1. The van der Waals surface area contributed by atoms with Crippen LogP contribution in [0, 0.1) is 13.8 Å². The lowest BCUT2D eigenvalue weighted by Crippen LogP contribution is -2.31. The highest BCUT2D eigenvalue weighted by atomic mass is 32.1. The van der Waals surface area contributed by atoms with Crippen LogP contribution < -0.4 is 10.1 Å². The summed E-state index contributed by atoms with van der Waals surface area (Å²) in [5.41, 5.74) is 3.81. The van der Waals surface area contributed by atoms with Crippen molar-refractivity contribution >= 4 is 28.3 Å². The zero-order chi connectivity index (χ0) is 18.2. The Balaban J connectivity index is 1.68. The van der Waals surface area contributed by atoms with Crippen molar-refractivity contribution in [1.29, 1.82) is 0 Å². The fraction of sp³-hybridized carbons (Fsp3) is 0.412. The average molecular weight is 362 g/mol. The molecule has 0 bridgehead atoms. The van der Waals surface area contributed by atoms with Crippen molar-refractivity contribution in [2.24, 2.45) is 0 Å². The SMILES string of the molecule is Cc1cc(C)cc(OCCN(C)C(=O)CCC(=O)Nc2nncs2)c1. The smallest absolute Gasteiger partial charge is 0.226 e. The molecule has 134 valence electrons. The lowest BCUT2D eigenvalue weighted by Gasteiger charge is -2.17. The molecule has 0 radical (unpaired) electrons. The summed E-state index contributed by atoms with van der Waals surface area (Å²) in [6.07, 6.45) is 0.255. The Labute approximate surface area is 151 Å². The Morgan fingerprint density at radius 2 is 1.92 bits per heavy atom. The van der Waals surface area contributed by atoms with Crippen LogP contribution in [0.1, 0.15) is 24.0 Å². The highest BCUT2D eigenvalue weighted by Crippen LogP contribution is 2.16. The molecular formula is C17H22N4O3S. The summed E-state index contributed by atoms with van der Waals surface area (Å²) in [7, 11) is 1.70. The number of aromatic nitrogens is 2. The molecule has 7 nitrogen and oxygen atoms in total. The summed E-state index contributed by atoms with van der Waals surface area (Å²) in [6.45, 7) is 4.90. The molecule has 0 spiro atoms. The van der Waals surface area contributed by atoms with Crippen LogP contribution >= 0.6 is 11.3 Å². The number of nitrogens with zero attached hydrogens (tertiary/aromatic N) is 3. The number of carbonyl (C=O) groups is 2. The molecule has 1 aromatic heterocycles.